The van der Waals surface area contributed by atoms with Crippen LogP contribution in [0.15, 0.2) is 0 Å². The summed E-state index contributed by atoms with van der Waals surface area (Å²) in [7, 11) is 1.71. The third kappa shape index (κ3) is 2.76. The van der Waals surface area contributed by atoms with E-state index in [0.29, 0.717) is 6.73 Å². The predicted octanol–water partition coefficient (Wildman–Crippen LogP) is -0.782. The zero-order valence-electron chi connectivity index (χ0n) is 7.41. The molecule has 1 fully saturated rings. The Kier molecular flexibility index (Phi) is 3.81. The molecule has 2 amide bonds. The Labute approximate surface area is 75.7 Å². The number of hydrogen-bond donors (Lipinski definition) is 1. The van der Waals surface area contributed by atoms with Gasteiger partial charge < -0.3 is 4.74 Å². The van der Waals surface area contributed by atoms with E-state index in [4.69, 9.17) is 9.57 Å². The van der Waals surface area contributed by atoms with E-state index in [1.165, 1.54) is 0 Å². The van der Waals surface area contributed by atoms with Crippen molar-refractivity contribution in [2.45, 2.75) is 12.8 Å². The van der Waals surface area contributed by atoms with Gasteiger partial charge in [0.2, 0.25) is 0 Å². The second kappa shape index (κ2) is 4.90. The van der Waals surface area contributed by atoms with E-state index >= 15 is 0 Å². The van der Waals surface area contributed by atoms with Gasteiger partial charge >= 0.3 is 0 Å². The monoisotopic (exact) mass is 188 g/mol. The number of hydrogen-bond acceptors (Lipinski definition) is 5. The van der Waals surface area contributed by atoms with Crippen molar-refractivity contribution in [2.75, 3.05) is 20.6 Å². The first-order valence-corrected chi connectivity index (χ1v) is 3.96. The molecule has 1 rings (SSSR count). The fourth-order valence-electron chi connectivity index (χ4n) is 0.934. The Hall–Kier alpha value is -0.980. The van der Waals surface area contributed by atoms with Crippen LogP contribution in [0.5, 0.6) is 0 Å². The summed E-state index contributed by atoms with van der Waals surface area (Å²) in [6.45, 7) is 0.217. The zero-order chi connectivity index (χ0) is 9.68. The molecule has 1 N–H and O–H groups in total. The maximum atomic E-state index is 11.0. The normalized spacial score (nSPS) is 17.2. The molecule has 0 unspecified atom stereocenters. The standard InChI is InChI=1S/C7H12N2O4/c1-8-4-12-5-13-9-6(10)2-3-7(9)11/h8H,2-5H2,1H3. The summed E-state index contributed by atoms with van der Waals surface area (Å²) in [4.78, 5) is 26.7. The minimum atomic E-state index is -0.307. The number of carbonyl (C=O) groups is 2. The lowest BCUT2D eigenvalue weighted by Gasteiger charge is -2.12. The third-order valence-electron chi connectivity index (χ3n) is 1.52. The maximum absolute atomic E-state index is 11.0. The smallest absolute Gasteiger partial charge is 0.254 e. The van der Waals surface area contributed by atoms with Crippen LogP contribution in [0.1, 0.15) is 12.8 Å². The van der Waals surface area contributed by atoms with Gasteiger partial charge in [-0.3, -0.25) is 14.9 Å². The maximum Gasteiger partial charge on any atom is 0.254 e. The van der Waals surface area contributed by atoms with Crippen molar-refractivity contribution in [1.29, 1.82) is 0 Å². The molecule has 1 saturated heterocycles. The molecule has 0 atom stereocenters. The van der Waals surface area contributed by atoms with Gasteiger partial charge in [0, 0.05) is 12.8 Å². The van der Waals surface area contributed by atoms with E-state index in [1.54, 1.807) is 7.05 Å². The van der Waals surface area contributed by atoms with E-state index in [1.807, 2.05) is 0 Å². The van der Waals surface area contributed by atoms with Gasteiger partial charge in [-0.25, -0.2) is 4.84 Å². The zero-order valence-corrected chi connectivity index (χ0v) is 7.41. The highest BCUT2D eigenvalue weighted by molar-refractivity contribution is 6.00. The van der Waals surface area contributed by atoms with Crippen LogP contribution in [0.4, 0.5) is 0 Å². The van der Waals surface area contributed by atoms with Gasteiger partial charge in [0.1, 0.15) is 0 Å². The molecule has 0 saturated carbocycles. The number of ether oxygens (including phenoxy) is 1. The SMILES string of the molecule is CNCOCON1C(=O)CCC1=O. The third-order valence-corrected chi connectivity index (χ3v) is 1.52. The molecule has 1 aliphatic heterocycles. The fraction of sp³-hybridized carbons (Fsp3) is 0.714. The van der Waals surface area contributed by atoms with E-state index < -0.39 is 0 Å². The Balaban J connectivity index is 2.20. The van der Waals surface area contributed by atoms with Gasteiger partial charge in [-0.1, -0.05) is 0 Å². The van der Waals surface area contributed by atoms with Gasteiger partial charge in [-0.2, -0.15) is 5.06 Å². The summed E-state index contributed by atoms with van der Waals surface area (Å²) in [5.41, 5.74) is 0. The number of rotatable bonds is 5. The minimum absolute atomic E-state index is 0.0989. The van der Waals surface area contributed by atoms with E-state index in [9.17, 15) is 9.59 Å². The van der Waals surface area contributed by atoms with Crippen LogP contribution in [0.3, 0.4) is 0 Å². The lowest BCUT2D eigenvalue weighted by molar-refractivity contribution is -0.217. The molecule has 1 heterocycles. The predicted molar refractivity (Wildman–Crippen MR) is 42.1 cm³/mol. The number of carbonyl (C=O) groups excluding carboxylic acids is 2. The Morgan fingerprint density at radius 1 is 1.38 bits per heavy atom. The van der Waals surface area contributed by atoms with Crippen LogP contribution in [0.25, 0.3) is 0 Å². The highest BCUT2D eigenvalue weighted by atomic mass is 16.8. The molecular formula is C7H12N2O4. The number of nitrogens with one attached hydrogen (secondary N) is 1. The number of amides is 2. The van der Waals surface area contributed by atoms with Crippen molar-refractivity contribution >= 4 is 11.8 Å². The highest BCUT2D eigenvalue weighted by Crippen LogP contribution is 2.11. The average molecular weight is 188 g/mol. The molecule has 0 aromatic heterocycles. The highest BCUT2D eigenvalue weighted by Gasteiger charge is 2.30. The van der Waals surface area contributed by atoms with Crippen LogP contribution < -0.4 is 5.32 Å². The first-order chi connectivity index (χ1) is 6.25. The van der Waals surface area contributed by atoms with Gasteiger partial charge in [-0.05, 0) is 7.05 Å². The lowest BCUT2D eigenvalue weighted by Crippen LogP contribution is -2.30. The molecule has 0 radical (unpaired) electrons. The molecule has 6 heteroatoms. The molecule has 0 spiro atoms. The topological polar surface area (TPSA) is 67.9 Å². The van der Waals surface area contributed by atoms with Crippen molar-refractivity contribution in [3.05, 3.63) is 0 Å². The molecule has 0 bridgehead atoms. The van der Waals surface area contributed by atoms with Gasteiger partial charge in [-0.15, -0.1) is 0 Å². The molecule has 0 aliphatic carbocycles. The van der Waals surface area contributed by atoms with Crippen LogP contribution in [0.2, 0.25) is 0 Å². The summed E-state index contributed by atoms with van der Waals surface area (Å²) < 4.78 is 4.86. The van der Waals surface area contributed by atoms with Crippen molar-refractivity contribution in [1.82, 2.24) is 10.4 Å². The molecule has 6 nitrogen and oxygen atoms in total. The van der Waals surface area contributed by atoms with Gasteiger partial charge in [0.05, 0.1) is 6.73 Å². The van der Waals surface area contributed by atoms with E-state index in [-0.39, 0.29) is 31.4 Å². The minimum Gasteiger partial charge on any atom is -0.338 e. The molecule has 74 valence electrons. The Bertz CT molecular complexity index is 191. The largest absolute Gasteiger partial charge is 0.338 e. The fourth-order valence-corrected chi connectivity index (χ4v) is 0.934. The van der Waals surface area contributed by atoms with Crippen LogP contribution in [0, 0.1) is 0 Å². The number of hydroxylamine groups is 2. The number of imide groups is 1. The van der Waals surface area contributed by atoms with Crippen molar-refractivity contribution < 1.29 is 19.2 Å². The molecule has 13 heavy (non-hydrogen) atoms. The van der Waals surface area contributed by atoms with Crippen molar-refractivity contribution in [2.24, 2.45) is 0 Å². The molecule has 0 aromatic carbocycles. The van der Waals surface area contributed by atoms with Crippen LogP contribution in [-0.4, -0.2) is 37.4 Å². The number of nitrogens with zero attached hydrogens (tertiary/aromatic N) is 1. The second-order valence-electron chi connectivity index (χ2n) is 2.53. The van der Waals surface area contributed by atoms with Gasteiger partial charge in [0.15, 0.2) is 6.79 Å². The van der Waals surface area contributed by atoms with E-state index in [2.05, 4.69) is 5.32 Å². The molecular weight excluding hydrogens is 176 g/mol. The first-order valence-electron chi connectivity index (χ1n) is 3.96. The summed E-state index contributed by atoms with van der Waals surface area (Å²) in [5.74, 6) is -0.615. The average Bonchev–Trinajstić information content (AvgIpc) is 2.42. The summed E-state index contributed by atoms with van der Waals surface area (Å²) >= 11 is 0. The summed E-state index contributed by atoms with van der Waals surface area (Å²) in [6.07, 6.45) is 0.454. The molecule has 1 aliphatic rings. The van der Waals surface area contributed by atoms with Crippen LogP contribution >= 0.6 is 0 Å². The summed E-state index contributed by atoms with van der Waals surface area (Å²) in [6, 6.07) is 0. The van der Waals surface area contributed by atoms with E-state index in [0.717, 1.165) is 5.06 Å². The van der Waals surface area contributed by atoms with Crippen molar-refractivity contribution in [3.63, 3.8) is 0 Å². The quantitative estimate of drug-likeness (QED) is 0.348. The Morgan fingerprint density at radius 2 is 2.00 bits per heavy atom. The van der Waals surface area contributed by atoms with Crippen LogP contribution in [-0.2, 0) is 19.2 Å². The summed E-state index contributed by atoms with van der Waals surface area (Å²) in [5, 5.41) is 3.48. The van der Waals surface area contributed by atoms with Gasteiger partial charge in [0.25, 0.3) is 11.8 Å². The first kappa shape index (κ1) is 10.1. The Morgan fingerprint density at radius 3 is 2.54 bits per heavy atom. The molecule has 0 aromatic rings. The van der Waals surface area contributed by atoms with Crippen molar-refractivity contribution in [3.8, 4) is 0 Å². The lowest BCUT2D eigenvalue weighted by atomic mass is 10.4. The second-order valence-corrected chi connectivity index (χ2v) is 2.53.